The third kappa shape index (κ3) is 7.99. The monoisotopic (exact) mass is 488 g/mol. The second-order valence-electron chi connectivity index (χ2n) is 7.91. The number of benzene rings is 1. The third-order valence-corrected chi connectivity index (χ3v) is 5.45. The van der Waals surface area contributed by atoms with Crippen LogP contribution in [-0.2, 0) is 25.6 Å². The third-order valence-electron chi connectivity index (χ3n) is 5.45. The van der Waals surface area contributed by atoms with Crippen molar-refractivity contribution in [3.05, 3.63) is 29.8 Å². The molecule has 2 fully saturated rings. The average Bonchev–Trinajstić information content (AvgIpc) is 3.12. The molecule has 3 rings (SSSR count). The quantitative estimate of drug-likeness (QED) is 0.415. The Bertz CT molecular complexity index is 885. The topological polar surface area (TPSA) is 151 Å². The number of halogens is 3. The number of carbonyl (C=O) groups excluding carboxylic acids is 3. The molecule has 2 aliphatic rings. The maximum atomic E-state index is 12.4. The van der Waals surface area contributed by atoms with Crippen molar-refractivity contribution in [2.75, 3.05) is 20.2 Å². The first-order valence-electron chi connectivity index (χ1n) is 10.5. The van der Waals surface area contributed by atoms with Gasteiger partial charge < -0.3 is 20.9 Å². The Morgan fingerprint density at radius 3 is 2.24 bits per heavy atom. The SMILES string of the molecule is COc1ccc(C[C@H](N)C(=O)NC2CCN(C3CC(=O)NC3=O)CC2)cc1.O=C(O)C(F)(F)F. The fourth-order valence-corrected chi connectivity index (χ4v) is 3.61. The number of carbonyl (C=O) groups is 4. The summed E-state index contributed by atoms with van der Waals surface area (Å²) >= 11 is 0. The molecule has 2 aliphatic heterocycles. The molecule has 0 aromatic heterocycles. The van der Waals surface area contributed by atoms with Crippen LogP contribution >= 0.6 is 0 Å². The van der Waals surface area contributed by atoms with Crippen LogP contribution in [0.5, 0.6) is 5.75 Å². The smallest absolute Gasteiger partial charge is 0.490 e. The minimum atomic E-state index is -5.08. The van der Waals surface area contributed by atoms with Crippen molar-refractivity contribution >= 4 is 23.7 Å². The van der Waals surface area contributed by atoms with Crippen molar-refractivity contribution in [2.24, 2.45) is 5.73 Å². The van der Waals surface area contributed by atoms with Crippen LogP contribution in [0.15, 0.2) is 24.3 Å². The van der Waals surface area contributed by atoms with E-state index in [-0.39, 0.29) is 36.2 Å². The van der Waals surface area contributed by atoms with Crippen LogP contribution in [0.3, 0.4) is 0 Å². The fraction of sp³-hybridized carbons (Fsp3) is 0.524. The summed E-state index contributed by atoms with van der Waals surface area (Å²) in [6.07, 6.45) is -2.93. The van der Waals surface area contributed by atoms with E-state index in [0.29, 0.717) is 19.5 Å². The van der Waals surface area contributed by atoms with Crippen LogP contribution in [-0.4, -0.2) is 78.2 Å². The van der Waals surface area contributed by atoms with Crippen LogP contribution in [0, 0.1) is 0 Å². The van der Waals surface area contributed by atoms with E-state index in [1.54, 1.807) is 7.11 Å². The number of amides is 3. The lowest BCUT2D eigenvalue weighted by molar-refractivity contribution is -0.192. The molecule has 1 aromatic rings. The van der Waals surface area contributed by atoms with E-state index in [1.807, 2.05) is 29.2 Å². The van der Waals surface area contributed by atoms with Crippen molar-refractivity contribution in [3.8, 4) is 5.75 Å². The fourth-order valence-electron chi connectivity index (χ4n) is 3.61. The summed E-state index contributed by atoms with van der Waals surface area (Å²) < 4.78 is 36.9. The zero-order valence-corrected chi connectivity index (χ0v) is 18.4. The van der Waals surface area contributed by atoms with Gasteiger partial charge in [-0.25, -0.2) is 4.79 Å². The van der Waals surface area contributed by atoms with Gasteiger partial charge in [0.1, 0.15) is 5.75 Å². The number of alkyl halides is 3. The Kier molecular flexibility index (Phi) is 9.38. The predicted molar refractivity (Wildman–Crippen MR) is 113 cm³/mol. The number of rotatable bonds is 6. The Morgan fingerprint density at radius 1 is 1.24 bits per heavy atom. The van der Waals surface area contributed by atoms with Gasteiger partial charge in [-0.3, -0.25) is 24.6 Å². The minimum absolute atomic E-state index is 0.0378. The number of piperidine rings is 1. The van der Waals surface area contributed by atoms with Gasteiger partial charge in [-0.1, -0.05) is 12.1 Å². The second-order valence-corrected chi connectivity index (χ2v) is 7.91. The average molecular weight is 488 g/mol. The van der Waals surface area contributed by atoms with Gasteiger partial charge in [0.25, 0.3) is 0 Å². The number of carboxylic acids is 1. The number of methoxy groups -OCH3 is 1. The summed E-state index contributed by atoms with van der Waals surface area (Å²) in [5.74, 6) is -2.60. The molecule has 2 heterocycles. The number of carboxylic acid groups (broad SMARTS) is 1. The molecule has 0 spiro atoms. The molecular weight excluding hydrogens is 461 g/mol. The van der Waals surface area contributed by atoms with Gasteiger partial charge in [-0.05, 0) is 37.0 Å². The molecule has 0 saturated carbocycles. The summed E-state index contributed by atoms with van der Waals surface area (Å²) in [7, 11) is 1.61. The molecule has 1 unspecified atom stereocenters. The molecule has 2 saturated heterocycles. The van der Waals surface area contributed by atoms with Crippen LogP contribution in [0.2, 0.25) is 0 Å². The van der Waals surface area contributed by atoms with Crippen molar-refractivity contribution in [3.63, 3.8) is 0 Å². The highest BCUT2D eigenvalue weighted by Gasteiger charge is 2.38. The molecule has 34 heavy (non-hydrogen) atoms. The molecule has 0 bridgehead atoms. The van der Waals surface area contributed by atoms with E-state index in [1.165, 1.54) is 0 Å². The molecule has 0 aliphatic carbocycles. The lowest BCUT2D eigenvalue weighted by atomic mass is 10.0. The number of ether oxygens (including phenoxy) is 1. The van der Waals surface area contributed by atoms with E-state index in [0.717, 1.165) is 24.2 Å². The van der Waals surface area contributed by atoms with Gasteiger partial charge in [-0.15, -0.1) is 0 Å². The van der Waals surface area contributed by atoms with Crippen LogP contribution in [0.1, 0.15) is 24.8 Å². The normalized spacial score (nSPS) is 20.1. The number of likely N-dealkylation sites (tertiary alicyclic amines) is 1. The van der Waals surface area contributed by atoms with E-state index in [2.05, 4.69) is 10.6 Å². The predicted octanol–water partition coefficient (Wildman–Crippen LogP) is 0.194. The number of nitrogens with one attached hydrogen (secondary N) is 2. The van der Waals surface area contributed by atoms with Crippen molar-refractivity contribution in [1.29, 1.82) is 0 Å². The van der Waals surface area contributed by atoms with Gasteiger partial charge in [0.15, 0.2) is 0 Å². The molecule has 0 radical (unpaired) electrons. The number of nitrogens with zero attached hydrogens (tertiary/aromatic N) is 1. The zero-order chi connectivity index (χ0) is 25.5. The highest BCUT2D eigenvalue weighted by molar-refractivity contribution is 6.05. The van der Waals surface area contributed by atoms with Crippen LogP contribution < -0.4 is 21.1 Å². The maximum absolute atomic E-state index is 12.4. The first kappa shape index (κ1) is 27.1. The van der Waals surface area contributed by atoms with E-state index < -0.39 is 18.2 Å². The minimum Gasteiger partial charge on any atom is -0.497 e. The lowest BCUT2D eigenvalue weighted by Gasteiger charge is -2.35. The molecule has 188 valence electrons. The molecule has 5 N–H and O–H groups in total. The lowest BCUT2D eigenvalue weighted by Crippen LogP contribution is -2.52. The number of hydrogen-bond acceptors (Lipinski definition) is 7. The number of hydrogen-bond donors (Lipinski definition) is 4. The Balaban J connectivity index is 0.000000509. The summed E-state index contributed by atoms with van der Waals surface area (Å²) in [4.78, 5) is 46.4. The van der Waals surface area contributed by atoms with Gasteiger partial charge in [0.05, 0.1) is 25.6 Å². The van der Waals surface area contributed by atoms with Gasteiger partial charge >= 0.3 is 12.1 Å². The van der Waals surface area contributed by atoms with Crippen LogP contribution in [0.25, 0.3) is 0 Å². The summed E-state index contributed by atoms with van der Waals surface area (Å²) in [5, 5.41) is 12.5. The summed E-state index contributed by atoms with van der Waals surface area (Å²) in [6.45, 7) is 1.34. The Labute approximate surface area is 193 Å². The molecule has 13 heteroatoms. The summed E-state index contributed by atoms with van der Waals surface area (Å²) in [5.41, 5.74) is 7.03. The Morgan fingerprint density at radius 2 is 1.79 bits per heavy atom. The molecule has 2 atom stereocenters. The maximum Gasteiger partial charge on any atom is 0.490 e. The van der Waals surface area contributed by atoms with E-state index in [4.69, 9.17) is 20.4 Å². The zero-order valence-electron chi connectivity index (χ0n) is 18.4. The first-order valence-corrected chi connectivity index (χ1v) is 10.5. The van der Waals surface area contributed by atoms with Crippen LogP contribution in [0.4, 0.5) is 13.2 Å². The highest BCUT2D eigenvalue weighted by atomic mass is 19.4. The standard InChI is InChI=1S/C19H26N4O4.C2HF3O2/c1-27-14-4-2-12(3-5-14)10-15(20)18(25)21-13-6-8-23(9-7-13)16-11-17(24)22-19(16)26;3-2(4,5)1(6)7/h2-5,13,15-16H,6-11,20H2,1H3,(H,21,25)(H,22,24,26);(H,6,7)/t15-,16?;/m0./s1. The highest BCUT2D eigenvalue weighted by Crippen LogP contribution is 2.18. The molecule has 1 aromatic carbocycles. The van der Waals surface area contributed by atoms with Gasteiger partial charge in [0.2, 0.25) is 17.7 Å². The summed E-state index contributed by atoms with van der Waals surface area (Å²) in [6, 6.07) is 6.55. The van der Waals surface area contributed by atoms with Crippen molar-refractivity contribution in [1.82, 2.24) is 15.5 Å². The van der Waals surface area contributed by atoms with E-state index in [9.17, 15) is 27.6 Å². The Hall–Kier alpha value is -3.19. The molecule has 10 nitrogen and oxygen atoms in total. The van der Waals surface area contributed by atoms with Crippen molar-refractivity contribution < 1.29 is 42.2 Å². The second kappa shape index (κ2) is 11.8. The van der Waals surface area contributed by atoms with Gasteiger partial charge in [0, 0.05) is 19.1 Å². The first-order chi connectivity index (χ1) is 15.9. The largest absolute Gasteiger partial charge is 0.497 e. The number of nitrogens with two attached hydrogens (primary N) is 1. The number of aliphatic carboxylic acids is 1. The van der Waals surface area contributed by atoms with E-state index >= 15 is 0 Å². The van der Waals surface area contributed by atoms with Gasteiger partial charge in [-0.2, -0.15) is 13.2 Å². The number of imide groups is 1. The molecule has 3 amide bonds. The van der Waals surface area contributed by atoms with Crippen molar-refractivity contribution in [2.45, 2.75) is 50.0 Å². The molecular formula is C21H27F3N4O6.